The van der Waals surface area contributed by atoms with Crippen molar-refractivity contribution < 1.29 is 9.59 Å². The van der Waals surface area contributed by atoms with E-state index in [2.05, 4.69) is 11.4 Å². The lowest BCUT2D eigenvalue weighted by molar-refractivity contribution is -0.122. The molecule has 0 aliphatic heterocycles. The maximum Gasteiger partial charge on any atom is 0.226 e. The van der Waals surface area contributed by atoms with Crippen LogP contribution in [0.1, 0.15) is 44.2 Å². The fraction of sp³-hybridized carbons (Fsp3) is 0.529. The highest BCUT2D eigenvalue weighted by Crippen LogP contribution is 2.18. The molecule has 4 heteroatoms. The van der Waals surface area contributed by atoms with Gasteiger partial charge in [-0.25, -0.2) is 0 Å². The number of hydrogen-bond acceptors (Lipinski definition) is 2. The number of hydrogen-bond donors (Lipinski definition) is 1. The zero-order valence-corrected chi connectivity index (χ0v) is 13.7. The van der Waals surface area contributed by atoms with Crippen LogP contribution in [0.4, 0.5) is 5.69 Å². The van der Waals surface area contributed by atoms with Crippen LogP contribution in [0.3, 0.4) is 0 Å². The van der Waals surface area contributed by atoms with Crippen molar-refractivity contribution >= 4 is 17.5 Å². The zero-order chi connectivity index (χ0) is 16.0. The number of nitrogens with zero attached hydrogens (tertiary/aromatic N) is 1. The maximum atomic E-state index is 12.2. The third-order valence-corrected chi connectivity index (χ3v) is 3.21. The summed E-state index contributed by atoms with van der Waals surface area (Å²) < 4.78 is 0. The van der Waals surface area contributed by atoms with Crippen molar-refractivity contribution in [3.05, 3.63) is 29.3 Å². The van der Waals surface area contributed by atoms with Crippen LogP contribution in [0, 0.1) is 13.8 Å². The molecule has 0 aliphatic rings. The normalized spacial score (nSPS) is 10.6. The summed E-state index contributed by atoms with van der Waals surface area (Å²) in [6.45, 7) is 7.89. The van der Waals surface area contributed by atoms with E-state index in [1.807, 2.05) is 39.8 Å². The lowest BCUT2D eigenvalue weighted by Gasteiger charge is -2.18. The number of nitrogens with one attached hydrogen (secondary N) is 1. The van der Waals surface area contributed by atoms with Crippen LogP contribution in [0.25, 0.3) is 0 Å². The summed E-state index contributed by atoms with van der Waals surface area (Å²) in [7, 11) is 1.78. The van der Waals surface area contributed by atoms with E-state index in [0.29, 0.717) is 19.3 Å². The number of anilines is 1. The number of rotatable bonds is 6. The third-order valence-electron chi connectivity index (χ3n) is 3.21. The standard InChI is InChI=1S/C17H26N2O2/c1-12(2)18-16(20)7-6-8-17(21)19(5)15-10-13(3)9-14(4)11-15/h9-12H,6-8H2,1-5H3,(H,18,20). The van der Waals surface area contributed by atoms with Gasteiger partial charge in [0.05, 0.1) is 0 Å². The van der Waals surface area contributed by atoms with Gasteiger partial charge >= 0.3 is 0 Å². The Labute approximate surface area is 127 Å². The number of carbonyl (C=O) groups is 2. The third kappa shape index (κ3) is 5.98. The Bertz CT molecular complexity index is 489. The minimum Gasteiger partial charge on any atom is -0.354 e. The maximum absolute atomic E-state index is 12.2. The minimum atomic E-state index is 0.00635. The van der Waals surface area contributed by atoms with Gasteiger partial charge in [0.15, 0.2) is 0 Å². The summed E-state index contributed by atoms with van der Waals surface area (Å²) in [4.78, 5) is 25.4. The molecule has 0 saturated heterocycles. The molecule has 21 heavy (non-hydrogen) atoms. The smallest absolute Gasteiger partial charge is 0.226 e. The molecule has 0 spiro atoms. The van der Waals surface area contributed by atoms with Gasteiger partial charge in [0.25, 0.3) is 0 Å². The Morgan fingerprint density at radius 1 is 1.10 bits per heavy atom. The van der Waals surface area contributed by atoms with Gasteiger partial charge in [0, 0.05) is 31.6 Å². The average molecular weight is 290 g/mol. The topological polar surface area (TPSA) is 49.4 Å². The number of amides is 2. The predicted octanol–water partition coefficient (Wildman–Crippen LogP) is 2.96. The van der Waals surface area contributed by atoms with Crippen LogP contribution in [0.2, 0.25) is 0 Å². The van der Waals surface area contributed by atoms with Crippen molar-refractivity contribution in [3.8, 4) is 0 Å². The quantitative estimate of drug-likeness (QED) is 0.875. The average Bonchev–Trinajstić information content (AvgIpc) is 2.35. The van der Waals surface area contributed by atoms with Crippen molar-refractivity contribution in [2.24, 2.45) is 0 Å². The van der Waals surface area contributed by atoms with E-state index < -0.39 is 0 Å². The first-order chi connectivity index (χ1) is 9.79. The van der Waals surface area contributed by atoms with E-state index >= 15 is 0 Å². The summed E-state index contributed by atoms with van der Waals surface area (Å²) >= 11 is 0. The van der Waals surface area contributed by atoms with E-state index in [1.54, 1.807) is 11.9 Å². The highest BCUT2D eigenvalue weighted by atomic mass is 16.2. The second-order valence-corrected chi connectivity index (χ2v) is 5.87. The van der Waals surface area contributed by atoms with Gasteiger partial charge < -0.3 is 10.2 Å². The van der Waals surface area contributed by atoms with Gasteiger partial charge in [-0.2, -0.15) is 0 Å². The molecular formula is C17H26N2O2. The second kappa shape index (κ2) is 7.81. The van der Waals surface area contributed by atoms with E-state index in [-0.39, 0.29) is 17.9 Å². The monoisotopic (exact) mass is 290 g/mol. The van der Waals surface area contributed by atoms with Gasteiger partial charge in [0.1, 0.15) is 0 Å². The van der Waals surface area contributed by atoms with Crippen molar-refractivity contribution in [1.82, 2.24) is 5.32 Å². The molecule has 4 nitrogen and oxygen atoms in total. The molecule has 0 aliphatic carbocycles. The lowest BCUT2D eigenvalue weighted by Crippen LogP contribution is -2.30. The van der Waals surface area contributed by atoms with Crippen LogP contribution in [-0.4, -0.2) is 24.9 Å². The van der Waals surface area contributed by atoms with Gasteiger partial charge in [-0.1, -0.05) is 6.07 Å². The molecule has 0 fully saturated rings. The summed E-state index contributed by atoms with van der Waals surface area (Å²) in [6.07, 6.45) is 1.35. The van der Waals surface area contributed by atoms with Crippen molar-refractivity contribution in [3.63, 3.8) is 0 Å². The summed E-state index contributed by atoms with van der Waals surface area (Å²) in [5, 5.41) is 2.83. The molecule has 1 aromatic carbocycles. The zero-order valence-electron chi connectivity index (χ0n) is 13.7. The van der Waals surface area contributed by atoms with E-state index in [4.69, 9.17) is 0 Å². The molecule has 0 radical (unpaired) electrons. The van der Waals surface area contributed by atoms with Crippen LogP contribution >= 0.6 is 0 Å². The molecule has 0 bridgehead atoms. The largest absolute Gasteiger partial charge is 0.354 e. The molecule has 2 amide bonds. The molecule has 0 saturated carbocycles. The fourth-order valence-electron chi connectivity index (χ4n) is 2.25. The molecular weight excluding hydrogens is 264 g/mol. The molecule has 0 unspecified atom stereocenters. The van der Waals surface area contributed by atoms with Crippen LogP contribution in [-0.2, 0) is 9.59 Å². The number of carbonyl (C=O) groups excluding carboxylic acids is 2. The lowest BCUT2D eigenvalue weighted by atomic mass is 10.1. The Hall–Kier alpha value is -1.84. The first-order valence-electron chi connectivity index (χ1n) is 7.44. The summed E-state index contributed by atoms with van der Waals surface area (Å²) in [5.74, 6) is 0.0456. The predicted molar refractivity (Wildman–Crippen MR) is 86.5 cm³/mol. The van der Waals surface area contributed by atoms with Crippen LogP contribution in [0.15, 0.2) is 18.2 Å². The van der Waals surface area contributed by atoms with E-state index in [0.717, 1.165) is 16.8 Å². The van der Waals surface area contributed by atoms with Gasteiger partial charge in [0.2, 0.25) is 11.8 Å². The summed E-state index contributed by atoms with van der Waals surface area (Å²) in [6, 6.07) is 6.22. The first kappa shape index (κ1) is 17.2. The van der Waals surface area contributed by atoms with E-state index in [9.17, 15) is 9.59 Å². The molecule has 116 valence electrons. The Kier molecular flexibility index (Phi) is 6.40. The molecule has 1 N–H and O–H groups in total. The molecule has 1 rings (SSSR count). The molecule has 1 aromatic rings. The van der Waals surface area contributed by atoms with Crippen molar-refractivity contribution in [2.75, 3.05) is 11.9 Å². The van der Waals surface area contributed by atoms with Crippen molar-refractivity contribution in [1.29, 1.82) is 0 Å². The molecule has 0 atom stereocenters. The highest BCUT2D eigenvalue weighted by Gasteiger charge is 2.12. The van der Waals surface area contributed by atoms with Crippen LogP contribution < -0.4 is 10.2 Å². The number of benzene rings is 1. The van der Waals surface area contributed by atoms with Gasteiger partial charge in [-0.3, -0.25) is 9.59 Å². The Balaban J connectivity index is 2.50. The SMILES string of the molecule is Cc1cc(C)cc(N(C)C(=O)CCCC(=O)NC(C)C)c1. The highest BCUT2D eigenvalue weighted by molar-refractivity contribution is 5.93. The van der Waals surface area contributed by atoms with Gasteiger partial charge in [-0.05, 0) is 57.4 Å². The second-order valence-electron chi connectivity index (χ2n) is 5.87. The van der Waals surface area contributed by atoms with E-state index in [1.165, 1.54) is 0 Å². The molecule has 0 heterocycles. The van der Waals surface area contributed by atoms with Crippen molar-refractivity contribution in [2.45, 2.75) is 53.0 Å². The van der Waals surface area contributed by atoms with Gasteiger partial charge in [-0.15, -0.1) is 0 Å². The Morgan fingerprint density at radius 2 is 1.67 bits per heavy atom. The number of aryl methyl sites for hydroxylation is 2. The Morgan fingerprint density at radius 3 is 2.19 bits per heavy atom. The molecule has 0 aromatic heterocycles. The summed E-state index contributed by atoms with van der Waals surface area (Å²) in [5.41, 5.74) is 3.19. The minimum absolute atomic E-state index is 0.00635. The first-order valence-corrected chi connectivity index (χ1v) is 7.44. The fourth-order valence-corrected chi connectivity index (χ4v) is 2.25. The van der Waals surface area contributed by atoms with Crippen LogP contribution in [0.5, 0.6) is 0 Å².